The number of fused-ring (bicyclic) bond motifs is 1. The monoisotopic (exact) mass is 274 g/mol. The van der Waals surface area contributed by atoms with Crippen LogP contribution in [0.2, 0.25) is 0 Å². The number of hydrogen-bond donors (Lipinski definition) is 1. The fraction of sp³-hybridized carbons (Fsp3) is 0.267. The van der Waals surface area contributed by atoms with Gasteiger partial charge in [-0.05, 0) is 23.8 Å². The number of hydrogen-bond acceptors (Lipinski definition) is 4. The number of nitrogens with zero attached hydrogens (tertiary/aromatic N) is 2. The summed E-state index contributed by atoms with van der Waals surface area (Å²) in [6.07, 6.45) is 2.56. The van der Waals surface area contributed by atoms with Crippen molar-refractivity contribution in [2.45, 2.75) is 12.6 Å². The second-order valence-electron chi connectivity index (χ2n) is 4.78. The van der Waals surface area contributed by atoms with Crippen molar-refractivity contribution in [1.82, 2.24) is 4.98 Å². The van der Waals surface area contributed by atoms with Crippen LogP contribution in [0, 0.1) is 5.82 Å². The van der Waals surface area contributed by atoms with Crippen LogP contribution in [0.15, 0.2) is 42.7 Å². The molecule has 4 nitrogen and oxygen atoms in total. The SMILES string of the molecule is OCC1CN(Cc2cncc(F)c2)c2ccccc2O1. The van der Waals surface area contributed by atoms with Gasteiger partial charge in [0.25, 0.3) is 0 Å². The lowest BCUT2D eigenvalue weighted by Crippen LogP contribution is -2.41. The van der Waals surface area contributed by atoms with Gasteiger partial charge in [-0.2, -0.15) is 0 Å². The lowest BCUT2D eigenvalue weighted by atomic mass is 10.1. The largest absolute Gasteiger partial charge is 0.484 e. The highest BCUT2D eigenvalue weighted by molar-refractivity contribution is 5.60. The van der Waals surface area contributed by atoms with Gasteiger partial charge in [-0.25, -0.2) is 4.39 Å². The molecule has 1 aromatic carbocycles. The van der Waals surface area contributed by atoms with E-state index in [2.05, 4.69) is 9.88 Å². The highest BCUT2D eigenvalue weighted by Crippen LogP contribution is 2.33. The molecule has 5 heteroatoms. The van der Waals surface area contributed by atoms with Gasteiger partial charge in [0, 0.05) is 12.7 Å². The Hall–Kier alpha value is -2.14. The van der Waals surface area contributed by atoms with Gasteiger partial charge >= 0.3 is 0 Å². The first-order chi connectivity index (χ1) is 9.76. The van der Waals surface area contributed by atoms with Gasteiger partial charge in [0.15, 0.2) is 0 Å². The topological polar surface area (TPSA) is 45.6 Å². The van der Waals surface area contributed by atoms with E-state index in [1.165, 1.54) is 12.3 Å². The van der Waals surface area contributed by atoms with Crippen LogP contribution in [-0.4, -0.2) is 29.3 Å². The summed E-state index contributed by atoms with van der Waals surface area (Å²) in [4.78, 5) is 5.93. The zero-order chi connectivity index (χ0) is 13.9. The van der Waals surface area contributed by atoms with Crippen LogP contribution in [0.3, 0.4) is 0 Å². The molecule has 0 saturated carbocycles. The lowest BCUT2D eigenvalue weighted by molar-refractivity contribution is 0.112. The molecule has 0 amide bonds. The summed E-state index contributed by atoms with van der Waals surface area (Å²) in [6.45, 7) is 1.04. The summed E-state index contributed by atoms with van der Waals surface area (Å²) in [5.41, 5.74) is 1.74. The van der Waals surface area contributed by atoms with E-state index in [1.807, 2.05) is 24.3 Å². The summed E-state index contributed by atoms with van der Waals surface area (Å²) >= 11 is 0. The zero-order valence-electron chi connectivity index (χ0n) is 10.9. The molecule has 0 radical (unpaired) electrons. The number of ether oxygens (including phenoxy) is 1. The fourth-order valence-electron chi connectivity index (χ4n) is 2.39. The van der Waals surface area contributed by atoms with Gasteiger partial charge in [0.2, 0.25) is 0 Å². The van der Waals surface area contributed by atoms with Crippen LogP contribution in [0.1, 0.15) is 5.56 Å². The van der Waals surface area contributed by atoms with Gasteiger partial charge in [0.1, 0.15) is 17.7 Å². The van der Waals surface area contributed by atoms with E-state index in [0.29, 0.717) is 13.1 Å². The summed E-state index contributed by atoms with van der Waals surface area (Å²) in [7, 11) is 0. The quantitative estimate of drug-likeness (QED) is 0.929. The van der Waals surface area contributed by atoms with Gasteiger partial charge in [-0.3, -0.25) is 4.98 Å². The third-order valence-corrected chi connectivity index (χ3v) is 3.26. The van der Waals surface area contributed by atoms with E-state index in [1.54, 1.807) is 6.20 Å². The molecule has 20 heavy (non-hydrogen) atoms. The molecule has 0 fully saturated rings. The van der Waals surface area contributed by atoms with Crippen molar-refractivity contribution in [3.8, 4) is 5.75 Å². The molecule has 0 aliphatic carbocycles. The minimum Gasteiger partial charge on any atom is -0.484 e. The molecule has 0 bridgehead atoms. The fourth-order valence-corrected chi connectivity index (χ4v) is 2.39. The molecule has 1 aliphatic rings. The van der Waals surface area contributed by atoms with Crippen LogP contribution >= 0.6 is 0 Å². The molecule has 1 unspecified atom stereocenters. The van der Waals surface area contributed by atoms with Gasteiger partial charge in [-0.1, -0.05) is 12.1 Å². The van der Waals surface area contributed by atoms with Gasteiger partial charge < -0.3 is 14.7 Å². The minimum absolute atomic E-state index is 0.0494. The van der Waals surface area contributed by atoms with E-state index in [9.17, 15) is 9.50 Å². The van der Waals surface area contributed by atoms with Gasteiger partial charge in [-0.15, -0.1) is 0 Å². The van der Waals surface area contributed by atoms with Crippen molar-refractivity contribution < 1.29 is 14.2 Å². The molecule has 1 atom stereocenters. The number of pyridine rings is 1. The van der Waals surface area contributed by atoms with E-state index in [0.717, 1.165) is 17.0 Å². The van der Waals surface area contributed by atoms with Crippen molar-refractivity contribution in [2.75, 3.05) is 18.1 Å². The standard InChI is InChI=1S/C15H15FN2O2/c16-12-5-11(6-17-7-12)8-18-9-13(10-19)20-15-4-2-1-3-14(15)18/h1-7,13,19H,8-10H2. The molecule has 2 aromatic rings. The van der Waals surface area contributed by atoms with Crippen LogP contribution in [-0.2, 0) is 6.54 Å². The Morgan fingerprint density at radius 3 is 3.00 bits per heavy atom. The predicted molar refractivity (Wildman–Crippen MR) is 73.2 cm³/mol. The van der Waals surface area contributed by atoms with Crippen LogP contribution in [0.4, 0.5) is 10.1 Å². The van der Waals surface area contributed by atoms with Crippen molar-refractivity contribution in [2.24, 2.45) is 0 Å². The van der Waals surface area contributed by atoms with E-state index >= 15 is 0 Å². The Balaban J connectivity index is 1.88. The number of aromatic nitrogens is 1. The third kappa shape index (κ3) is 2.58. The van der Waals surface area contributed by atoms with Crippen LogP contribution in [0.25, 0.3) is 0 Å². The number of halogens is 1. The summed E-state index contributed by atoms with van der Waals surface area (Å²) < 4.78 is 18.9. The van der Waals surface area contributed by atoms with Crippen molar-refractivity contribution in [3.05, 3.63) is 54.1 Å². The third-order valence-electron chi connectivity index (χ3n) is 3.26. The Bertz CT molecular complexity index is 606. The molecular weight excluding hydrogens is 259 g/mol. The molecule has 2 heterocycles. The zero-order valence-corrected chi connectivity index (χ0v) is 10.9. The number of benzene rings is 1. The first-order valence-corrected chi connectivity index (χ1v) is 6.47. The molecule has 0 spiro atoms. The van der Waals surface area contributed by atoms with Crippen LogP contribution < -0.4 is 9.64 Å². The van der Waals surface area contributed by atoms with Crippen molar-refractivity contribution in [3.63, 3.8) is 0 Å². The Morgan fingerprint density at radius 2 is 2.20 bits per heavy atom. The first-order valence-electron chi connectivity index (χ1n) is 6.47. The summed E-state index contributed by atoms with van der Waals surface area (Å²) in [5, 5.41) is 9.32. The Kier molecular flexibility index (Phi) is 3.52. The number of aliphatic hydroxyl groups excluding tert-OH is 1. The maximum atomic E-state index is 13.2. The molecular formula is C15H15FN2O2. The number of rotatable bonds is 3. The predicted octanol–water partition coefficient (Wildman–Crippen LogP) is 1.98. The van der Waals surface area contributed by atoms with Crippen molar-refractivity contribution >= 4 is 5.69 Å². The number of anilines is 1. The maximum Gasteiger partial charge on any atom is 0.143 e. The van der Waals surface area contributed by atoms with Gasteiger partial charge in [0.05, 0.1) is 25.0 Å². The lowest BCUT2D eigenvalue weighted by Gasteiger charge is -2.35. The smallest absolute Gasteiger partial charge is 0.143 e. The second kappa shape index (κ2) is 5.46. The summed E-state index contributed by atoms with van der Waals surface area (Å²) in [5.74, 6) is 0.393. The molecule has 1 aliphatic heterocycles. The molecule has 104 valence electrons. The summed E-state index contributed by atoms with van der Waals surface area (Å²) in [6, 6.07) is 9.11. The van der Waals surface area contributed by atoms with Crippen molar-refractivity contribution in [1.29, 1.82) is 0 Å². The average Bonchev–Trinajstić information content (AvgIpc) is 2.47. The number of aliphatic hydroxyl groups is 1. The van der Waals surface area contributed by atoms with E-state index in [-0.39, 0.29) is 18.5 Å². The molecule has 1 N–H and O–H groups in total. The highest BCUT2D eigenvalue weighted by atomic mass is 19.1. The molecule has 1 aromatic heterocycles. The molecule has 0 saturated heterocycles. The van der Waals surface area contributed by atoms with Crippen LogP contribution in [0.5, 0.6) is 5.75 Å². The van der Waals surface area contributed by atoms with E-state index < -0.39 is 0 Å². The maximum absolute atomic E-state index is 13.2. The normalized spacial score (nSPS) is 17.5. The first kappa shape index (κ1) is 12.9. The second-order valence-corrected chi connectivity index (χ2v) is 4.78. The van der Waals surface area contributed by atoms with E-state index in [4.69, 9.17) is 4.74 Å². The minimum atomic E-state index is -0.345. The highest BCUT2D eigenvalue weighted by Gasteiger charge is 2.24. The Labute approximate surface area is 116 Å². The number of para-hydroxylation sites is 2. The average molecular weight is 274 g/mol. The molecule has 3 rings (SSSR count). The Morgan fingerprint density at radius 1 is 1.35 bits per heavy atom.